The Morgan fingerprint density at radius 3 is 2.82 bits per heavy atom. The molecular weight excluding hydrogens is 470 g/mol. The molecule has 2 aromatic carbocycles. The Kier molecular flexibility index (Phi) is 7.97. The van der Waals surface area contributed by atoms with E-state index in [9.17, 15) is 10.1 Å². The van der Waals surface area contributed by atoms with Crippen molar-refractivity contribution in [3.05, 3.63) is 82.0 Å². The second kappa shape index (κ2) is 11.1. The van der Waals surface area contributed by atoms with Gasteiger partial charge in [-0.15, -0.1) is 11.8 Å². The highest BCUT2D eigenvalue weighted by atomic mass is 35.5. The van der Waals surface area contributed by atoms with Gasteiger partial charge >= 0.3 is 0 Å². The van der Waals surface area contributed by atoms with Crippen molar-refractivity contribution >= 4 is 46.7 Å². The molecule has 1 aliphatic carbocycles. The van der Waals surface area contributed by atoms with Crippen LogP contribution in [0.4, 0.5) is 5.69 Å². The number of carbonyl (C=O) groups excluding carboxylic acids is 1. The van der Waals surface area contributed by atoms with Crippen molar-refractivity contribution in [2.45, 2.75) is 41.9 Å². The van der Waals surface area contributed by atoms with Gasteiger partial charge in [-0.1, -0.05) is 60.6 Å². The summed E-state index contributed by atoms with van der Waals surface area (Å²) in [5.74, 6) is 1.40. The molecule has 0 bridgehead atoms. The molecule has 0 aliphatic heterocycles. The zero-order valence-electron chi connectivity index (χ0n) is 18.3. The Bertz CT molecular complexity index is 1210. The van der Waals surface area contributed by atoms with Crippen LogP contribution in [0.5, 0.6) is 0 Å². The summed E-state index contributed by atoms with van der Waals surface area (Å²) in [5.41, 5.74) is 4.61. The molecule has 4 rings (SSSR count). The van der Waals surface area contributed by atoms with Crippen molar-refractivity contribution < 1.29 is 4.79 Å². The largest absolute Gasteiger partial charge is 0.324 e. The van der Waals surface area contributed by atoms with Crippen molar-refractivity contribution in [2.24, 2.45) is 5.92 Å². The summed E-state index contributed by atoms with van der Waals surface area (Å²) in [6.07, 6.45) is 3.00. The molecule has 1 N–H and O–H groups in total. The van der Waals surface area contributed by atoms with E-state index >= 15 is 0 Å². The molecule has 1 aromatic heterocycles. The van der Waals surface area contributed by atoms with E-state index in [2.05, 4.69) is 18.3 Å². The number of hydrogen-bond acceptors (Lipinski definition) is 5. The fourth-order valence-electron chi connectivity index (χ4n) is 3.80. The highest BCUT2D eigenvalue weighted by Gasteiger charge is 2.20. The first-order valence-electron chi connectivity index (χ1n) is 10.8. The van der Waals surface area contributed by atoms with Gasteiger partial charge in [-0.05, 0) is 60.6 Å². The summed E-state index contributed by atoms with van der Waals surface area (Å²) in [4.78, 5) is 18.4. The minimum atomic E-state index is -0.122. The topological polar surface area (TPSA) is 65.8 Å². The summed E-state index contributed by atoms with van der Waals surface area (Å²) in [5, 5.41) is 14.0. The van der Waals surface area contributed by atoms with E-state index in [1.807, 2.05) is 54.6 Å². The third-order valence-corrected chi connectivity index (χ3v) is 8.04. The fourth-order valence-corrected chi connectivity index (χ4v) is 5.87. The molecule has 1 aliphatic rings. The van der Waals surface area contributed by atoms with Gasteiger partial charge in [0.15, 0.2) is 0 Å². The number of nitriles is 1. The smallest absolute Gasteiger partial charge is 0.234 e. The van der Waals surface area contributed by atoms with Crippen molar-refractivity contribution in [3.8, 4) is 6.07 Å². The number of amides is 1. The molecule has 3 aromatic rings. The van der Waals surface area contributed by atoms with Crippen LogP contribution >= 0.6 is 35.1 Å². The first kappa shape index (κ1) is 23.7. The number of carbonyl (C=O) groups is 1. The van der Waals surface area contributed by atoms with Crippen LogP contribution in [-0.2, 0) is 23.4 Å². The lowest BCUT2D eigenvalue weighted by Gasteiger charge is -2.21. The highest BCUT2D eigenvalue weighted by Crippen LogP contribution is 2.33. The van der Waals surface area contributed by atoms with Gasteiger partial charge in [0.25, 0.3) is 0 Å². The third kappa shape index (κ3) is 6.11. The Morgan fingerprint density at radius 1 is 1.21 bits per heavy atom. The predicted molar refractivity (Wildman–Crippen MR) is 137 cm³/mol. The summed E-state index contributed by atoms with van der Waals surface area (Å²) in [6.45, 7) is 2.23. The normalized spacial score (nSPS) is 14.9. The SMILES string of the molecule is CC1CCc2nc(SCC(=O)Nc3ccccc3SCc3ccccc3Cl)c(C#N)cc2C1. The molecule has 1 unspecified atom stereocenters. The molecule has 0 fully saturated rings. The average Bonchev–Trinajstić information content (AvgIpc) is 2.82. The molecule has 0 saturated carbocycles. The Balaban J connectivity index is 1.40. The first-order valence-corrected chi connectivity index (χ1v) is 13.2. The number of benzene rings is 2. The summed E-state index contributed by atoms with van der Waals surface area (Å²) in [6, 6.07) is 19.7. The van der Waals surface area contributed by atoms with Crippen LogP contribution in [0.25, 0.3) is 0 Å². The molecule has 1 amide bonds. The molecule has 7 heteroatoms. The van der Waals surface area contributed by atoms with Crippen molar-refractivity contribution in [2.75, 3.05) is 11.1 Å². The number of pyridine rings is 1. The van der Waals surface area contributed by atoms with Crippen LogP contribution in [-0.4, -0.2) is 16.6 Å². The van der Waals surface area contributed by atoms with Crippen molar-refractivity contribution in [1.82, 2.24) is 4.98 Å². The number of thioether (sulfide) groups is 2. The number of aromatic nitrogens is 1. The first-order chi connectivity index (χ1) is 16.0. The number of nitrogens with zero attached hydrogens (tertiary/aromatic N) is 2. The number of aryl methyl sites for hydroxylation is 1. The molecule has 33 heavy (non-hydrogen) atoms. The molecule has 0 radical (unpaired) electrons. The number of fused-ring (bicyclic) bond motifs is 1. The van der Waals surface area contributed by atoms with Crippen molar-refractivity contribution in [1.29, 1.82) is 5.26 Å². The molecule has 1 heterocycles. The summed E-state index contributed by atoms with van der Waals surface area (Å²) < 4.78 is 0. The van der Waals surface area contributed by atoms with E-state index in [-0.39, 0.29) is 11.7 Å². The van der Waals surface area contributed by atoms with Crippen LogP contribution < -0.4 is 5.32 Å². The monoisotopic (exact) mass is 493 g/mol. The zero-order chi connectivity index (χ0) is 23.2. The van der Waals surface area contributed by atoms with E-state index in [4.69, 9.17) is 16.6 Å². The Morgan fingerprint density at radius 2 is 2.00 bits per heavy atom. The highest BCUT2D eigenvalue weighted by molar-refractivity contribution is 8.00. The predicted octanol–water partition coefficient (Wildman–Crippen LogP) is 6.75. The average molecular weight is 494 g/mol. The fraction of sp³-hybridized carbons (Fsp3) is 0.269. The minimum absolute atomic E-state index is 0.122. The maximum atomic E-state index is 12.7. The maximum absolute atomic E-state index is 12.7. The molecule has 1 atom stereocenters. The number of para-hydroxylation sites is 1. The van der Waals surface area contributed by atoms with Crippen LogP contribution in [0, 0.1) is 17.2 Å². The molecule has 0 saturated heterocycles. The summed E-state index contributed by atoms with van der Waals surface area (Å²) in [7, 11) is 0. The van der Waals surface area contributed by atoms with Gasteiger partial charge < -0.3 is 5.32 Å². The van der Waals surface area contributed by atoms with Gasteiger partial charge in [0.1, 0.15) is 11.1 Å². The van der Waals surface area contributed by atoms with Crippen LogP contribution in [0.2, 0.25) is 5.02 Å². The lowest BCUT2D eigenvalue weighted by molar-refractivity contribution is -0.113. The lowest BCUT2D eigenvalue weighted by Crippen LogP contribution is -2.16. The number of hydrogen-bond donors (Lipinski definition) is 1. The van der Waals surface area contributed by atoms with E-state index in [0.29, 0.717) is 22.3 Å². The second-order valence-electron chi connectivity index (χ2n) is 8.12. The molecule has 0 spiro atoms. The molecule has 4 nitrogen and oxygen atoms in total. The summed E-state index contributed by atoms with van der Waals surface area (Å²) >= 11 is 9.23. The number of anilines is 1. The van der Waals surface area contributed by atoms with Gasteiger partial charge in [0, 0.05) is 21.4 Å². The van der Waals surface area contributed by atoms with E-state index < -0.39 is 0 Å². The van der Waals surface area contributed by atoms with Gasteiger partial charge in [0.2, 0.25) is 5.91 Å². The van der Waals surface area contributed by atoms with Gasteiger partial charge in [-0.2, -0.15) is 5.26 Å². The van der Waals surface area contributed by atoms with Gasteiger partial charge in [-0.3, -0.25) is 4.79 Å². The van der Waals surface area contributed by atoms with Crippen LogP contribution in [0.1, 0.15) is 35.7 Å². The van der Waals surface area contributed by atoms with Crippen molar-refractivity contribution in [3.63, 3.8) is 0 Å². The van der Waals surface area contributed by atoms with Crippen LogP contribution in [0.3, 0.4) is 0 Å². The number of halogens is 1. The minimum Gasteiger partial charge on any atom is -0.324 e. The van der Waals surface area contributed by atoms with Crippen LogP contribution in [0.15, 0.2) is 64.5 Å². The van der Waals surface area contributed by atoms with E-state index in [0.717, 1.165) is 46.1 Å². The molecular formula is C26H24ClN3OS2. The van der Waals surface area contributed by atoms with Gasteiger partial charge in [-0.25, -0.2) is 4.98 Å². The quantitative estimate of drug-likeness (QED) is 0.368. The lowest BCUT2D eigenvalue weighted by atomic mass is 9.87. The van der Waals surface area contributed by atoms with E-state index in [1.165, 1.54) is 17.3 Å². The zero-order valence-corrected chi connectivity index (χ0v) is 20.7. The number of nitrogens with one attached hydrogen (secondary N) is 1. The Labute approximate surface area is 208 Å². The standard InChI is InChI=1S/C26H24ClN3OS2/c1-17-10-11-22-19(12-17)13-20(14-28)26(30-22)33-16-25(31)29-23-8-4-5-9-24(23)32-15-18-6-2-3-7-21(18)27/h2-9,13,17H,10-12,15-16H2,1H3,(H,29,31). The van der Waals surface area contributed by atoms with E-state index in [1.54, 1.807) is 11.8 Å². The molecule has 168 valence electrons. The maximum Gasteiger partial charge on any atom is 0.234 e. The number of rotatable bonds is 7. The van der Waals surface area contributed by atoms with Gasteiger partial charge in [0.05, 0.1) is 17.0 Å². The third-order valence-electron chi connectivity index (χ3n) is 5.56. The Hall–Kier alpha value is -2.46. The second-order valence-corrected chi connectivity index (χ2v) is 10.5.